The molecule has 0 aromatic heterocycles. The summed E-state index contributed by atoms with van der Waals surface area (Å²) in [6, 6.07) is 4.89. The van der Waals surface area contributed by atoms with Crippen molar-refractivity contribution in [1.29, 1.82) is 0 Å². The number of hydrogen-bond acceptors (Lipinski definition) is 1. The van der Waals surface area contributed by atoms with Gasteiger partial charge in [-0.15, -0.1) is 0 Å². The molecule has 0 fully saturated rings. The molecule has 1 N–H and O–H groups in total. The highest BCUT2D eigenvalue weighted by Crippen LogP contribution is 2.15. The quantitative estimate of drug-likeness (QED) is 0.766. The summed E-state index contributed by atoms with van der Waals surface area (Å²) in [5, 5.41) is 3.18. The van der Waals surface area contributed by atoms with E-state index in [0.717, 1.165) is 18.5 Å². The Kier molecular flexibility index (Phi) is 3.50. The van der Waals surface area contributed by atoms with Crippen molar-refractivity contribution in [2.24, 2.45) is 0 Å². The molecule has 0 radical (unpaired) electrons. The van der Waals surface area contributed by atoms with E-state index in [1.54, 1.807) is 6.07 Å². The summed E-state index contributed by atoms with van der Waals surface area (Å²) in [6.45, 7) is 0.848. The molecule has 0 aliphatic heterocycles. The lowest BCUT2D eigenvalue weighted by atomic mass is 10.1. The Morgan fingerprint density at radius 2 is 2.25 bits per heavy atom. The van der Waals surface area contributed by atoms with Crippen LogP contribution < -0.4 is 5.32 Å². The molecule has 0 bridgehead atoms. The van der Waals surface area contributed by atoms with Gasteiger partial charge in [0.15, 0.2) is 0 Å². The van der Waals surface area contributed by atoms with Crippen molar-refractivity contribution in [3.63, 3.8) is 0 Å². The Morgan fingerprint density at radius 1 is 1.50 bits per heavy atom. The Balaban J connectivity index is 2.69. The van der Waals surface area contributed by atoms with Gasteiger partial charge in [-0.3, -0.25) is 0 Å². The van der Waals surface area contributed by atoms with Crippen molar-refractivity contribution in [2.75, 3.05) is 13.6 Å². The van der Waals surface area contributed by atoms with Crippen molar-refractivity contribution in [3.8, 4) is 0 Å². The van der Waals surface area contributed by atoms with Crippen LogP contribution in [0.15, 0.2) is 18.2 Å². The van der Waals surface area contributed by atoms with Gasteiger partial charge in [-0.1, -0.05) is 17.7 Å². The first-order chi connectivity index (χ1) is 5.74. The number of rotatable bonds is 3. The molecule has 66 valence electrons. The lowest BCUT2D eigenvalue weighted by Gasteiger charge is -2.01. The Morgan fingerprint density at radius 3 is 2.83 bits per heavy atom. The van der Waals surface area contributed by atoms with Crippen LogP contribution in [-0.4, -0.2) is 13.6 Å². The zero-order valence-corrected chi connectivity index (χ0v) is 7.66. The number of nitrogens with one attached hydrogen (secondary N) is 1. The minimum atomic E-state index is -0.342. The molecule has 3 heteroatoms. The van der Waals surface area contributed by atoms with E-state index in [9.17, 15) is 4.39 Å². The van der Waals surface area contributed by atoms with Gasteiger partial charge < -0.3 is 5.32 Å². The fourth-order valence-corrected chi connectivity index (χ4v) is 1.08. The molecule has 0 amide bonds. The minimum absolute atomic E-state index is 0.184. The Bertz CT molecular complexity index is 263. The smallest absolute Gasteiger partial charge is 0.142 e. The maximum Gasteiger partial charge on any atom is 0.142 e. The minimum Gasteiger partial charge on any atom is -0.319 e. The highest BCUT2D eigenvalue weighted by molar-refractivity contribution is 6.30. The van der Waals surface area contributed by atoms with E-state index in [1.165, 1.54) is 6.07 Å². The van der Waals surface area contributed by atoms with E-state index < -0.39 is 0 Å². The van der Waals surface area contributed by atoms with Crippen molar-refractivity contribution < 1.29 is 4.39 Å². The van der Waals surface area contributed by atoms with Crippen molar-refractivity contribution in [3.05, 3.63) is 34.6 Å². The van der Waals surface area contributed by atoms with Gasteiger partial charge in [-0.2, -0.15) is 0 Å². The summed E-state index contributed by atoms with van der Waals surface area (Å²) >= 11 is 5.52. The van der Waals surface area contributed by atoms with Gasteiger partial charge in [0, 0.05) is 0 Å². The van der Waals surface area contributed by atoms with Crippen LogP contribution in [-0.2, 0) is 6.42 Å². The molecule has 0 spiro atoms. The molecule has 1 rings (SSSR count). The van der Waals surface area contributed by atoms with Crippen molar-refractivity contribution in [2.45, 2.75) is 6.42 Å². The highest BCUT2D eigenvalue weighted by Gasteiger charge is 1.99. The molecule has 1 aromatic carbocycles. The largest absolute Gasteiger partial charge is 0.319 e. The van der Waals surface area contributed by atoms with Crippen LogP contribution in [0.4, 0.5) is 4.39 Å². The van der Waals surface area contributed by atoms with Gasteiger partial charge in [0.05, 0.1) is 5.02 Å². The zero-order valence-electron chi connectivity index (χ0n) is 6.90. The van der Waals surface area contributed by atoms with Crippen molar-refractivity contribution >= 4 is 11.6 Å². The molecule has 1 nitrogen and oxygen atoms in total. The maximum atomic E-state index is 12.9. The second-order valence-corrected chi connectivity index (χ2v) is 3.01. The van der Waals surface area contributed by atoms with E-state index in [1.807, 2.05) is 13.1 Å². The maximum absolute atomic E-state index is 12.9. The van der Waals surface area contributed by atoms with Gasteiger partial charge in [0.1, 0.15) is 5.82 Å². The van der Waals surface area contributed by atoms with Gasteiger partial charge >= 0.3 is 0 Å². The van der Waals surface area contributed by atoms with Crippen LogP contribution in [0.2, 0.25) is 5.02 Å². The normalized spacial score (nSPS) is 10.2. The molecule has 0 aliphatic rings. The Labute approximate surface area is 76.5 Å². The molecular formula is C9H11ClFN. The molecule has 0 atom stereocenters. The van der Waals surface area contributed by atoms with Crippen LogP contribution in [0.1, 0.15) is 5.56 Å². The molecule has 0 heterocycles. The fraction of sp³-hybridized carbons (Fsp3) is 0.333. The highest BCUT2D eigenvalue weighted by atomic mass is 35.5. The number of hydrogen-bond donors (Lipinski definition) is 1. The topological polar surface area (TPSA) is 12.0 Å². The van der Waals surface area contributed by atoms with E-state index >= 15 is 0 Å². The summed E-state index contributed by atoms with van der Waals surface area (Å²) < 4.78 is 12.9. The van der Waals surface area contributed by atoms with Crippen LogP contribution in [0.5, 0.6) is 0 Å². The van der Waals surface area contributed by atoms with Crippen LogP contribution in [0.3, 0.4) is 0 Å². The second-order valence-electron chi connectivity index (χ2n) is 2.60. The van der Waals surface area contributed by atoms with Crippen LogP contribution in [0, 0.1) is 5.82 Å². The molecule has 0 saturated heterocycles. The monoisotopic (exact) mass is 187 g/mol. The third-order valence-corrected chi connectivity index (χ3v) is 1.95. The first-order valence-electron chi connectivity index (χ1n) is 3.82. The lowest BCUT2D eigenvalue weighted by molar-refractivity contribution is 0.625. The standard InChI is InChI=1S/C9H11ClFN/c1-12-5-4-7-2-3-8(10)9(11)6-7/h2-3,6,12H,4-5H2,1H3. The van der Waals surface area contributed by atoms with E-state index in [0.29, 0.717) is 0 Å². The summed E-state index contributed by atoms with van der Waals surface area (Å²) in [5.41, 5.74) is 0.964. The summed E-state index contributed by atoms with van der Waals surface area (Å²) in [6.07, 6.45) is 0.824. The third-order valence-electron chi connectivity index (χ3n) is 1.65. The Hall–Kier alpha value is -0.600. The van der Waals surface area contributed by atoms with E-state index in [2.05, 4.69) is 5.32 Å². The first kappa shape index (κ1) is 9.49. The van der Waals surface area contributed by atoms with Crippen molar-refractivity contribution in [1.82, 2.24) is 5.32 Å². The van der Waals surface area contributed by atoms with E-state index in [-0.39, 0.29) is 10.8 Å². The SMILES string of the molecule is CNCCc1ccc(Cl)c(F)c1. The van der Waals surface area contributed by atoms with Crippen LogP contribution >= 0.6 is 11.6 Å². The zero-order chi connectivity index (χ0) is 8.97. The molecule has 12 heavy (non-hydrogen) atoms. The summed E-state index contributed by atoms with van der Waals surface area (Å²) in [7, 11) is 1.87. The number of halogens is 2. The first-order valence-corrected chi connectivity index (χ1v) is 4.20. The van der Waals surface area contributed by atoms with E-state index in [4.69, 9.17) is 11.6 Å². The van der Waals surface area contributed by atoms with Gasteiger partial charge in [0.2, 0.25) is 0 Å². The van der Waals surface area contributed by atoms with Crippen LogP contribution in [0.25, 0.3) is 0 Å². The fourth-order valence-electron chi connectivity index (χ4n) is 0.964. The molecule has 1 aromatic rings. The summed E-state index contributed by atoms with van der Waals surface area (Å²) in [4.78, 5) is 0. The second kappa shape index (κ2) is 4.43. The lowest BCUT2D eigenvalue weighted by Crippen LogP contribution is -2.10. The molecular weight excluding hydrogens is 177 g/mol. The van der Waals surface area contributed by atoms with Gasteiger partial charge in [-0.05, 0) is 37.7 Å². The predicted octanol–water partition coefficient (Wildman–Crippen LogP) is 2.24. The molecule has 0 unspecified atom stereocenters. The predicted molar refractivity (Wildman–Crippen MR) is 49.0 cm³/mol. The van der Waals surface area contributed by atoms with Gasteiger partial charge in [-0.25, -0.2) is 4.39 Å². The number of benzene rings is 1. The van der Waals surface area contributed by atoms with Gasteiger partial charge in [0.25, 0.3) is 0 Å². The average molecular weight is 188 g/mol. The molecule has 0 saturated carbocycles. The third kappa shape index (κ3) is 2.47. The number of likely N-dealkylation sites (N-methyl/N-ethyl adjacent to an activating group) is 1. The summed E-state index contributed by atoms with van der Waals surface area (Å²) in [5.74, 6) is -0.342. The average Bonchev–Trinajstić information content (AvgIpc) is 2.07. The molecule has 0 aliphatic carbocycles.